The first-order chi connectivity index (χ1) is 19.5. The van der Waals surface area contributed by atoms with Crippen molar-refractivity contribution in [3.63, 3.8) is 0 Å². The van der Waals surface area contributed by atoms with Crippen molar-refractivity contribution in [2.75, 3.05) is 0 Å². The minimum Gasteiger partial charge on any atom is -2.00 e. The molecule has 0 aromatic heterocycles. The Hall–Kier alpha value is -0.557. The molecule has 8 heteroatoms. The number of hydrogen-bond acceptors (Lipinski definition) is 4. The van der Waals surface area contributed by atoms with Crippen LogP contribution in [0, 0.1) is 0 Å². The van der Waals surface area contributed by atoms with Gasteiger partial charge in [0.1, 0.15) is 0 Å². The number of unbranched alkanes of at least 4 members (excludes halogenated alkanes) is 28. The van der Waals surface area contributed by atoms with E-state index in [4.69, 9.17) is 0 Å². The molecule has 0 fully saturated rings. The summed E-state index contributed by atoms with van der Waals surface area (Å²) >= 11 is 0. The predicted octanol–water partition coefficient (Wildman–Crippen LogP) is 10.6. The predicted molar refractivity (Wildman–Crippen MR) is 182 cm³/mol. The van der Waals surface area contributed by atoms with E-state index in [2.05, 4.69) is 13.8 Å². The zero-order chi connectivity index (χ0) is 29.8. The van der Waals surface area contributed by atoms with Crippen LogP contribution in [0.2, 0.25) is 0 Å². The monoisotopic (exact) mass is 683 g/mol. The summed E-state index contributed by atoms with van der Waals surface area (Å²) in [6.45, 7) is 4.53. The Morgan fingerprint density at radius 2 is 0.477 bits per heavy atom. The Labute approximate surface area is 287 Å². The zero-order valence-electron chi connectivity index (χ0n) is 30.4. The molecule has 0 aromatic rings. The van der Waals surface area contributed by atoms with Gasteiger partial charge in [0.05, 0.1) is 0 Å². The summed E-state index contributed by atoms with van der Waals surface area (Å²) < 4.78 is 0. The van der Waals surface area contributed by atoms with Crippen LogP contribution in [-0.4, -0.2) is 11.9 Å². The molecule has 0 rings (SSSR count). The molecule has 0 saturated carbocycles. The maximum Gasteiger partial charge on any atom is 2.00 e. The molecule has 264 valence electrons. The zero-order valence-corrected chi connectivity index (χ0v) is 33.3. The van der Waals surface area contributed by atoms with Gasteiger partial charge in [0.2, 0.25) is 0 Å². The van der Waals surface area contributed by atoms with E-state index >= 15 is 0 Å². The second kappa shape index (κ2) is 52.0. The SMILES string of the molecule is CCCCCCCCCCCCCCCCCC(=O)[O-].CCCCCCCCCCCCCCCCCC(=O)[O-].[NH4+].[NH4+].[O-2].[Zn+2]. The molecule has 0 heterocycles. The fourth-order valence-corrected chi connectivity index (χ4v) is 5.28. The van der Waals surface area contributed by atoms with Crippen molar-refractivity contribution in [3.8, 4) is 0 Å². The maximum absolute atomic E-state index is 10.2. The molecule has 0 aliphatic carbocycles. The summed E-state index contributed by atoms with van der Waals surface area (Å²) in [4.78, 5) is 20.4. The number of rotatable bonds is 32. The van der Waals surface area contributed by atoms with Crippen LogP contribution in [-0.2, 0) is 34.5 Å². The van der Waals surface area contributed by atoms with Gasteiger partial charge in [-0.05, 0) is 25.7 Å². The molecule has 0 amide bonds. The first kappa shape index (κ1) is 55.8. The average molecular weight is 684 g/mol. The first-order valence-electron chi connectivity index (χ1n) is 17.9. The Balaban J connectivity index is -0.000000150. The smallest absolute Gasteiger partial charge is 2.00 e. The fraction of sp³-hybridized carbons (Fsp3) is 0.944. The third kappa shape index (κ3) is 60.6. The molecule has 0 spiro atoms. The average Bonchev–Trinajstić information content (AvgIpc) is 2.93. The molecule has 7 nitrogen and oxygen atoms in total. The Kier molecular flexibility index (Phi) is 66.0. The van der Waals surface area contributed by atoms with Crippen LogP contribution in [0.1, 0.15) is 219 Å². The Bertz CT molecular complexity index is 469. The van der Waals surface area contributed by atoms with Crippen molar-refractivity contribution in [1.82, 2.24) is 12.3 Å². The summed E-state index contributed by atoms with van der Waals surface area (Å²) in [5.41, 5.74) is 0. The van der Waals surface area contributed by atoms with Crippen molar-refractivity contribution in [2.24, 2.45) is 0 Å². The molecule has 0 bridgehead atoms. The summed E-state index contributed by atoms with van der Waals surface area (Å²) in [5, 5.41) is 20.4. The number of hydrogen-bond donors (Lipinski definition) is 2. The molecule has 0 aliphatic rings. The maximum atomic E-state index is 10.2. The molecule has 8 N–H and O–H groups in total. The number of carbonyl (C=O) groups excluding carboxylic acids is 2. The molecule has 0 radical (unpaired) electrons. The van der Waals surface area contributed by atoms with Gasteiger partial charge in [0.15, 0.2) is 0 Å². The van der Waals surface area contributed by atoms with Gasteiger partial charge in [-0.15, -0.1) is 0 Å². The van der Waals surface area contributed by atoms with E-state index in [1.165, 1.54) is 167 Å². The van der Waals surface area contributed by atoms with Gasteiger partial charge in [0.25, 0.3) is 0 Å². The van der Waals surface area contributed by atoms with Gasteiger partial charge >= 0.3 is 19.5 Å². The minimum absolute atomic E-state index is 0. The third-order valence-corrected chi connectivity index (χ3v) is 7.97. The van der Waals surface area contributed by atoms with Crippen LogP contribution in [0.5, 0.6) is 0 Å². The van der Waals surface area contributed by atoms with Crippen molar-refractivity contribution in [3.05, 3.63) is 0 Å². The van der Waals surface area contributed by atoms with E-state index in [-0.39, 0.29) is 50.1 Å². The van der Waals surface area contributed by atoms with Crippen molar-refractivity contribution >= 4 is 11.9 Å². The molecule has 44 heavy (non-hydrogen) atoms. The van der Waals surface area contributed by atoms with Crippen LogP contribution in [0.15, 0.2) is 0 Å². The van der Waals surface area contributed by atoms with Crippen LogP contribution in [0.25, 0.3) is 0 Å². The quantitative estimate of drug-likeness (QED) is 0.0528. The Morgan fingerprint density at radius 1 is 0.341 bits per heavy atom. The number of carboxylic acid groups (broad SMARTS) is 2. The van der Waals surface area contributed by atoms with E-state index in [1.54, 1.807) is 0 Å². The van der Waals surface area contributed by atoms with Gasteiger partial charge < -0.3 is 37.6 Å². The van der Waals surface area contributed by atoms with Gasteiger partial charge in [-0.2, -0.15) is 0 Å². The first-order valence-corrected chi connectivity index (χ1v) is 17.9. The van der Waals surface area contributed by atoms with Crippen molar-refractivity contribution in [2.45, 2.75) is 219 Å². The summed E-state index contributed by atoms with van der Waals surface area (Å²) in [7, 11) is 0. The summed E-state index contributed by atoms with van der Waals surface area (Å²) in [5.74, 6) is -1.81. The largest absolute Gasteiger partial charge is 2.00 e. The topological polar surface area (TPSA) is 182 Å². The van der Waals surface area contributed by atoms with E-state index < -0.39 is 11.9 Å². The second-order valence-corrected chi connectivity index (χ2v) is 12.1. The van der Waals surface area contributed by atoms with Crippen molar-refractivity contribution < 1.29 is 44.8 Å². The summed E-state index contributed by atoms with van der Waals surface area (Å²) in [6, 6.07) is 0. The normalized spacial score (nSPS) is 9.86. The molecule has 0 unspecified atom stereocenters. The molecular formula is C36H78N2O5Zn. The van der Waals surface area contributed by atoms with Gasteiger partial charge in [0, 0.05) is 11.9 Å². The standard InChI is InChI=1S/2C18H36O2.2H3N.O.Zn/c2*1-2-3-4-5-6-7-8-9-10-11-12-13-14-15-16-17-18(19)20;;;;/h2*2-17H2,1H3,(H,19,20);2*1H3;;/q;;;;-2;+2. The van der Waals surface area contributed by atoms with Crippen LogP contribution < -0.4 is 22.5 Å². The van der Waals surface area contributed by atoms with Gasteiger partial charge in [-0.3, -0.25) is 0 Å². The number of quaternary nitrogens is 2. The molecular weight excluding hydrogens is 606 g/mol. The van der Waals surface area contributed by atoms with Crippen molar-refractivity contribution in [1.29, 1.82) is 0 Å². The van der Waals surface area contributed by atoms with Gasteiger partial charge in [-0.1, -0.05) is 194 Å². The number of carboxylic acids is 2. The molecule has 0 aromatic carbocycles. The van der Waals surface area contributed by atoms with E-state index in [1.807, 2.05) is 0 Å². The Morgan fingerprint density at radius 3 is 0.614 bits per heavy atom. The van der Waals surface area contributed by atoms with Crippen LogP contribution in [0.4, 0.5) is 0 Å². The van der Waals surface area contributed by atoms with Crippen LogP contribution >= 0.6 is 0 Å². The van der Waals surface area contributed by atoms with E-state index in [9.17, 15) is 19.8 Å². The number of carbonyl (C=O) groups is 2. The molecule has 0 aliphatic heterocycles. The van der Waals surface area contributed by atoms with Gasteiger partial charge in [-0.25, -0.2) is 0 Å². The van der Waals surface area contributed by atoms with Crippen LogP contribution in [0.3, 0.4) is 0 Å². The molecule has 0 atom stereocenters. The van der Waals surface area contributed by atoms with E-state index in [0.29, 0.717) is 0 Å². The number of aliphatic carboxylic acids is 2. The van der Waals surface area contributed by atoms with E-state index in [0.717, 1.165) is 25.7 Å². The second-order valence-electron chi connectivity index (χ2n) is 12.1. The fourth-order valence-electron chi connectivity index (χ4n) is 5.28. The third-order valence-electron chi connectivity index (χ3n) is 7.97. The summed E-state index contributed by atoms with van der Waals surface area (Å²) in [6.07, 6.45) is 39.7. The molecule has 0 saturated heterocycles. The minimum atomic E-state index is -0.903.